The number of aryl methyl sites for hydroxylation is 1. The highest BCUT2D eigenvalue weighted by molar-refractivity contribution is 6.29. The van der Waals surface area contributed by atoms with Crippen LogP contribution in [0.4, 0.5) is 5.69 Å². The molecule has 10 nitrogen and oxygen atoms in total. The van der Waals surface area contributed by atoms with Gasteiger partial charge in [-0.2, -0.15) is 5.10 Å². The molecule has 0 aliphatic carbocycles. The number of hydrogen-bond donors (Lipinski definition) is 2. The standard InChI is InChI=1S/C18H19ClN8O2/c1-10(22-18(28)12-7-21-27-4-3-15(19)23-17(12)27)8-29-9-11-5-13(20)16-14(6-11)26(2)25-24-16/h3-7,10H,8-9,20H2,1-2H3,(H,22,28)/t10-/m1/s1. The van der Waals surface area contributed by atoms with Crippen molar-refractivity contribution in [3.63, 3.8) is 0 Å². The first-order valence-electron chi connectivity index (χ1n) is 8.88. The SMILES string of the molecule is C[C@H](COCc1cc(N)c2nnn(C)c2c1)NC(=O)c1cnn2ccc(Cl)nc12. The van der Waals surface area contributed by atoms with E-state index in [-0.39, 0.29) is 11.9 Å². The zero-order valence-corrected chi connectivity index (χ0v) is 16.6. The fourth-order valence-corrected chi connectivity index (χ4v) is 3.14. The van der Waals surface area contributed by atoms with Crippen LogP contribution in [0.1, 0.15) is 22.8 Å². The predicted molar refractivity (Wildman–Crippen MR) is 108 cm³/mol. The highest BCUT2D eigenvalue weighted by Gasteiger charge is 2.16. The van der Waals surface area contributed by atoms with Crippen molar-refractivity contribution in [2.75, 3.05) is 12.3 Å². The number of carbonyl (C=O) groups excluding carboxylic acids is 1. The van der Waals surface area contributed by atoms with Gasteiger partial charge in [0, 0.05) is 19.3 Å². The highest BCUT2D eigenvalue weighted by atomic mass is 35.5. The van der Waals surface area contributed by atoms with E-state index < -0.39 is 0 Å². The van der Waals surface area contributed by atoms with Crippen molar-refractivity contribution >= 4 is 39.9 Å². The fraction of sp³-hybridized carbons (Fsp3) is 0.278. The van der Waals surface area contributed by atoms with Gasteiger partial charge in [-0.25, -0.2) is 14.2 Å². The molecule has 29 heavy (non-hydrogen) atoms. The predicted octanol–water partition coefficient (Wildman–Crippen LogP) is 1.58. The van der Waals surface area contributed by atoms with Gasteiger partial charge in [0.05, 0.1) is 30.6 Å². The van der Waals surface area contributed by atoms with Crippen molar-refractivity contribution in [2.45, 2.75) is 19.6 Å². The molecule has 0 spiro atoms. The smallest absolute Gasteiger partial charge is 0.257 e. The molecule has 3 heterocycles. The molecule has 4 rings (SSSR count). The number of halogens is 1. The molecule has 0 aliphatic rings. The van der Waals surface area contributed by atoms with E-state index in [4.69, 9.17) is 22.1 Å². The van der Waals surface area contributed by atoms with Gasteiger partial charge in [-0.1, -0.05) is 16.8 Å². The third kappa shape index (κ3) is 3.84. The normalized spacial score (nSPS) is 12.5. The van der Waals surface area contributed by atoms with Crippen molar-refractivity contribution in [3.05, 3.63) is 46.9 Å². The van der Waals surface area contributed by atoms with Gasteiger partial charge < -0.3 is 15.8 Å². The Bertz CT molecular complexity index is 1200. The van der Waals surface area contributed by atoms with Gasteiger partial charge in [-0.3, -0.25) is 4.79 Å². The Morgan fingerprint density at radius 2 is 2.24 bits per heavy atom. The number of hydrogen-bond acceptors (Lipinski definition) is 7. The van der Waals surface area contributed by atoms with Crippen molar-refractivity contribution in [1.82, 2.24) is 34.9 Å². The van der Waals surface area contributed by atoms with Crippen molar-refractivity contribution in [2.24, 2.45) is 7.05 Å². The summed E-state index contributed by atoms with van der Waals surface area (Å²) in [6.07, 6.45) is 3.11. The maximum Gasteiger partial charge on any atom is 0.257 e. The van der Waals surface area contributed by atoms with E-state index in [0.717, 1.165) is 11.1 Å². The Hall–Kier alpha value is -3.24. The van der Waals surface area contributed by atoms with Crippen LogP contribution in [0.3, 0.4) is 0 Å². The number of nitrogens with one attached hydrogen (secondary N) is 1. The summed E-state index contributed by atoms with van der Waals surface area (Å²) in [7, 11) is 1.81. The molecule has 0 saturated carbocycles. The average molecular weight is 415 g/mol. The van der Waals surface area contributed by atoms with Gasteiger partial charge >= 0.3 is 0 Å². The van der Waals surface area contributed by atoms with Crippen LogP contribution in [0.25, 0.3) is 16.7 Å². The summed E-state index contributed by atoms with van der Waals surface area (Å²) in [5, 5.41) is 15.3. The molecular weight excluding hydrogens is 396 g/mol. The lowest BCUT2D eigenvalue weighted by molar-refractivity contribution is 0.0822. The van der Waals surface area contributed by atoms with Gasteiger partial charge in [-0.15, -0.1) is 5.10 Å². The van der Waals surface area contributed by atoms with E-state index in [9.17, 15) is 4.79 Å². The van der Waals surface area contributed by atoms with E-state index in [1.54, 1.807) is 24.0 Å². The number of nitrogen functional groups attached to an aromatic ring is 1. The molecule has 1 aromatic carbocycles. The molecule has 0 radical (unpaired) electrons. The first kappa shape index (κ1) is 19.1. The molecule has 150 valence electrons. The number of amides is 1. The monoisotopic (exact) mass is 414 g/mol. The molecule has 0 saturated heterocycles. The van der Waals surface area contributed by atoms with Crippen LogP contribution in [-0.2, 0) is 18.4 Å². The van der Waals surface area contributed by atoms with Crippen molar-refractivity contribution in [3.8, 4) is 0 Å². The molecule has 0 bridgehead atoms. The molecule has 0 unspecified atom stereocenters. The van der Waals surface area contributed by atoms with Crippen LogP contribution < -0.4 is 11.1 Å². The Kier molecular flexibility index (Phi) is 5.03. The van der Waals surface area contributed by atoms with E-state index in [1.165, 1.54) is 10.7 Å². The summed E-state index contributed by atoms with van der Waals surface area (Å²) >= 11 is 5.91. The Morgan fingerprint density at radius 3 is 3.07 bits per heavy atom. The van der Waals surface area contributed by atoms with Gasteiger partial charge in [0.1, 0.15) is 16.2 Å². The van der Waals surface area contributed by atoms with Gasteiger partial charge in [0.2, 0.25) is 0 Å². The van der Waals surface area contributed by atoms with Crippen LogP contribution >= 0.6 is 11.6 Å². The summed E-state index contributed by atoms with van der Waals surface area (Å²) in [4.78, 5) is 16.7. The number of nitrogens with two attached hydrogens (primary N) is 1. The molecule has 3 aromatic heterocycles. The number of benzene rings is 1. The number of nitrogens with zero attached hydrogens (tertiary/aromatic N) is 6. The largest absolute Gasteiger partial charge is 0.397 e. The Morgan fingerprint density at radius 1 is 1.41 bits per heavy atom. The molecule has 0 aliphatic heterocycles. The maximum absolute atomic E-state index is 12.5. The summed E-state index contributed by atoms with van der Waals surface area (Å²) in [5.41, 5.74) is 9.73. The second-order valence-corrected chi connectivity index (χ2v) is 7.12. The zero-order chi connectivity index (χ0) is 20.5. The molecular formula is C18H19ClN8O2. The van der Waals surface area contributed by atoms with E-state index in [2.05, 4.69) is 25.7 Å². The number of ether oxygens (including phenoxy) is 1. The van der Waals surface area contributed by atoms with Crippen LogP contribution in [0, 0.1) is 0 Å². The second kappa shape index (κ2) is 7.64. The molecule has 11 heteroatoms. The Labute approximate surface area is 170 Å². The number of fused-ring (bicyclic) bond motifs is 2. The molecule has 3 N–H and O–H groups in total. The van der Waals surface area contributed by atoms with Crippen LogP contribution in [0.2, 0.25) is 5.15 Å². The third-order valence-electron chi connectivity index (χ3n) is 4.40. The number of carbonyl (C=O) groups is 1. The lowest BCUT2D eigenvalue weighted by Crippen LogP contribution is -2.35. The van der Waals surface area contributed by atoms with E-state index >= 15 is 0 Å². The minimum absolute atomic E-state index is 0.226. The quantitative estimate of drug-likeness (QED) is 0.362. The average Bonchev–Trinajstić information content (AvgIpc) is 3.25. The minimum Gasteiger partial charge on any atom is -0.397 e. The number of rotatable bonds is 6. The molecule has 1 atom stereocenters. The minimum atomic E-state index is -0.294. The van der Waals surface area contributed by atoms with Crippen LogP contribution in [-0.4, -0.2) is 48.1 Å². The summed E-state index contributed by atoms with van der Waals surface area (Å²) in [6, 6.07) is 5.12. The first-order valence-corrected chi connectivity index (χ1v) is 9.26. The topological polar surface area (TPSA) is 125 Å². The summed E-state index contributed by atoms with van der Waals surface area (Å²) in [5.74, 6) is -0.294. The molecule has 1 amide bonds. The van der Waals surface area contributed by atoms with E-state index in [1.807, 2.05) is 19.1 Å². The zero-order valence-electron chi connectivity index (χ0n) is 15.8. The van der Waals surface area contributed by atoms with Gasteiger partial charge in [0.15, 0.2) is 5.65 Å². The van der Waals surface area contributed by atoms with Crippen molar-refractivity contribution < 1.29 is 9.53 Å². The van der Waals surface area contributed by atoms with Crippen LogP contribution in [0.5, 0.6) is 0 Å². The van der Waals surface area contributed by atoms with E-state index in [0.29, 0.717) is 40.8 Å². The summed E-state index contributed by atoms with van der Waals surface area (Å²) in [6.45, 7) is 2.52. The number of aromatic nitrogens is 6. The van der Waals surface area contributed by atoms with Crippen LogP contribution in [0.15, 0.2) is 30.6 Å². The lowest BCUT2D eigenvalue weighted by atomic mass is 10.2. The molecule has 4 aromatic rings. The first-order chi connectivity index (χ1) is 13.9. The van der Waals surface area contributed by atoms with Gasteiger partial charge in [0.25, 0.3) is 5.91 Å². The highest BCUT2D eigenvalue weighted by Crippen LogP contribution is 2.21. The fourth-order valence-electron chi connectivity index (χ4n) is 3.00. The maximum atomic E-state index is 12.5. The van der Waals surface area contributed by atoms with Crippen molar-refractivity contribution in [1.29, 1.82) is 0 Å². The lowest BCUT2D eigenvalue weighted by Gasteiger charge is -2.14. The number of anilines is 1. The Balaban J connectivity index is 1.36. The third-order valence-corrected chi connectivity index (χ3v) is 4.61. The summed E-state index contributed by atoms with van der Waals surface area (Å²) < 4.78 is 8.91. The van der Waals surface area contributed by atoms with Gasteiger partial charge in [-0.05, 0) is 30.7 Å². The molecule has 0 fully saturated rings. The second-order valence-electron chi connectivity index (χ2n) is 6.73.